The monoisotopic (exact) mass is 338 g/mol. The van der Waals surface area contributed by atoms with Gasteiger partial charge in [0.1, 0.15) is 11.5 Å². The molecule has 3 aromatic rings. The Kier molecular flexibility index (Phi) is 4.40. The normalized spacial score (nSPS) is 10.7. The lowest BCUT2D eigenvalue weighted by Gasteiger charge is -2.07. The predicted molar refractivity (Wildman–Crippen MR) is 96.5 cm³/mol. The molecule has 0 aliphatic rings. The smallest absolute Gasteiger partial charge is 0.276 e. The fraction of sp³-hybridized carbons (Fsp3) is 0.222. The molecule has 6 heteroatoms. The maximum Gasteiger partial charge on any atom is 0.276 e. The van der Waals surface area contributed by atoms with Crippen molar-refractivity contribution < 1.29 is 4.79 Å². The third kappa shape index (κ3) is 3.33. The Bertz CT molecular complexity index is 917. The van der Waals surface area contributed by atoms with E-state index in [1.807, 2.05) is 5.38 Å². The van der Waals surface area contributed by atoms with E-state index in [0.29, 0.717) is 16.6 Å². The number of aryl methyl sites for hydroxylation is 4. The summed E-state index contributed by atoms with van der Waals surface area (Å²) >= 11 is 1.40. The average molecular weight is 338 g/mol. The second-order valence-electron chi connectivity index (χ2n) is 5.73. The molecule has 1 N–H and O–H groups in total. The first-order valence-electron chi connectivity index (χ1n) is 7.59. The molecule has 0 aliphatic carbocycles. The van der Waals surface area contributed by atoms with Gasteiger partial charge in [0.25, 0.3) is 5.91 Å². The first-order valence-corrected chi connectivity index (χ1v) is 8.47. The largest absolute Gasteiger partial charge is 0.296 e. The highest BCUT2D eigenvalue weighted by Crippen LogP contribution is 2.29. The summed E-state index contributed by atoms with van der Waals surface area (Å²) in [5.41, 5.74) is 5.96. The Balaban J connectivity index is 1.84. The molecular formula is C18H18N4OS. The molecule has 1 aromatic carbocycles. The molecule has 0 spiro atoms. The van der Waals surface area contributed by atoms with Crippen molar-refractivity contribution in [2.75, 3.05) is 5.32 Å². The number of nitrogens with zero attached hydrogens (tertiary/aromatic N) is 3. The van der Waals surface area contributed by atoms with E-state index in [1.54, 1.807) is 19.2 Å². The maximum absolute atomic E-state index is 12.2. The van der Waals surface area contributed by atoms with Crippen molar-refractivity contribution in [3.63, 3.8) is 0 Å². The van der Waals surface area contributed by atoms with Gasteiger partial charge in [0.2, 0.25) is 0 Å². The average Bonchev–Trinajstić information content (AvgIpc) is 2.99. The molecule has 0 bridgehead atoms. The van der Waals surface area contributed by atoms with Gasteiger partial charge in [-0.25, -0.2) is 15.0 Å². The number of carbonyl (C=O) groups excluding carboxylic acids is 1. The van der Waals surface area contributed by atoms with E-state index in [9.17, 15) is 4.79 Å². The number of carbonyl (C=O) groups is 1. The predicted octanol–water partition coefficient (Wildman–Crippen LogP) is 4.09. The van der Waals surface area contributed by atoms with Crippen LogP contribution >= 0.6 is 11.3 Å². The molecule has 5 nitrogen and oxygen atoms in total. The molecule has 2 heterocycles. The van der Waals surface area contributed by atoms with Gasteiger partial charge in [0, 0.05) is 17.1 Å². The fourth-order valence-corrected chi connectivity index (χ4v) is 3.14. The summed E-state index contributed by atoms with van der Waals surface area (Å²) in [4.78, 5) is 24.9. The van der Waals surface area contributed by atoms with Gasteiger partial charge in [-0.1, -0.05) is 6.07 Å². The van der Waals surface area contributed by atoms with E-state index in [4.69, 9.17) is 0 Å². The summed E-state index contributed by atoms with van der Waals surface area (Å²) in [6.07, 6.45) is 1.57. The second kappa shape index (κ2) is 6.49. The SMILES string of the molecule is Cc1nccc(C(=O)Nc2nc(-c3cc(C)c(C)cc3C)cs2)n1. The minimum Gasteiger partial charge on any atom is -0.296 e. The summed E-state index contributed by atoms with van der Waals surface area (Å²) < 4.78 is 0. The lowest BCUT2D eigenvalue weighted by Crippen LogP contribution is -2.14. The van der Waals surface area contributed by atoms with Crippen LogP contribution in [0.3, 0.4) is 0 Å². The maximum atomic E-state index is 12.2. The number of rotatable bonds is 3. The quantitative estimate of drug-likeness (QED) is 0.781. The van der Waals surface area contributed by atoms with Crippen molar-refractivity contribution >= 4 is 22.4 Å². The van der Waals surface area contributed by atoms with Crippen molar-refractivity contribution in [1.29, 1.82) is 0 Å². The van der Waals surface area contributed by atoms with E-state index in [1.165, 1.54) is 28.0 Å². The van der Waals surface area contributed by atoms with Crippen LogP contribution in [-0.4, -0.2) is 20.9 Å². The van der Waals surface area contributed by atoms with Crippen LogP contribution in [0.1, 0.15) is 33.0 Å². The van der Waals surface area contributed by atoms with Crippen LogP contribution < -0.4 is 5.32 Å². The van der Waals surface area contributed by atoms with Gasteiger partial charge in [-0.3, -0.25) is 10.1 Å². The first-order chi connectivity index (χ1) is 11.4. The van der Waals surface area contributed by atoms with Crippen LogP contribution in [0, 0.1) is 27.7 Å². The van der Waals surface area contributed by atoms with Gasteiger partial charge in [0.05, 0.1) is 5.69 Å². The van der Waals surface area contributed by atoms with E-state index in [0.717, 1.165) is 11.3 Å². The number of hydrogen-bond acceptors (Lipinski definition) is 5. The molecule has 1 amide bonds. The van der Waals surface area contributed by atoms with Gasteiger partial charge < -0.3 is 0 Å². The van der Waals surface area contributed by atoms with Gasteiger partial charge in [-0.05, 0) is 56.5 Å². The molecule has 0 aliphatic heterocycles. The molecule has 0 saturated carbocycles. The summed E-state index contributed by atoms with van der Waals surface area (Å²) in [6.45, 7) is 8.01. The number of hydrogen-bond donors (Lipinski definition) is 1. The fourth-order valence-electron chi connectivity index (χ4n) is 2.44. The number of thiazole rings is 1. The zero-order chi connectivity index (χ0) is 17.3. The van der Waals surface area contributed by atoms with Crippen LogP contribution in [0.5, 0.6) is 0 Å². The topological polar surface area (TPSA) is 67.8 Å². The van der Waals surface area contributed by atoms with Crippen LogP contribution in [0.15, 0.2) is 29.8 Å². The van der Waals surface area contributed by atoms with Crippen LogP contribution in [0.4, 0.5) is 5.13 Å². The zero-order valence-electron chi connectivity index (χ0n) is 14.0. The Morgan fingerprint density at radius 2 is 1.79 bits per heavy atom. The van der Waals surface area contributed by atoms with E-state index in [-0.39, 0.29) is 5.91 Å². The third-order valence-electron chi connectivity index (χ3n) is 3.85. The highest BCUT2D eigenvalue weighted by atomic mass is 32.1. The molecule has 0 unspecified atom stereocenters. The number of amides is 1. The standard InChI is InChI=1S/C18H18N4OS/c1-10-7-12(3)14(8-11(10)2)16-9-24-18(21-16)22-17(23)15-5-6-19-13(4)20-15/h5-9H,1-4H3,(H,21,22,23). The van der Waals surface area contributed by atoms with Gasteiger partial charge >= 0.3 is 0 Å². The lowest BCUT2D eigenvalue weighted by atomic mass is 9.99. The van der Waals surface area contributed by atoms with E-state index < -0.39 is 0 Å². The first kappa shape index (κ1) is 16.3. The van der Waals surface area contributed by atoms with Gasteiger partial charge in [-0.2, -0.15) is 0 Å². The molecule has 3 rings (SSSR count). The number of nitrogens with one attached hydrogen (secondary N) is 1. The molecule has 0 saturated heterocycles. The van der Waals surface area contributed by atoms with Crippen molar-refractivity contribution in [3.05, 3.63) is 58.0 Å². The lowest BCUT2D eigenvalue weighted by molar-refractivity contribution is 0.102. The van der Waals surface area contributed by atoms with Gasteiger partial charge in [0.15, 0.2) is 5.13 Å². The number of aromatic nitrogens is 3. The Morgan fingerprint density at radius 1 is 1.04 bits per heavy atom. The molecule has 0 radical (unpaired) electrons. The molecule has 24 heavy (non-hydrogen) atoms. The third-order valence-corrected chi connectivity index (χ3v) is 4.61. The Morgan fingerprint density at radius 3 is 2.54 bits per heavy atom. The summed E-state index contributed by atoms with van der Waals surface area (Å²) in [5.74, 6) is 0.284. The highest BCUT2D eigenvalue weighted by Gasteiger charge is 2.13. The van der Waals surface area contributed by atoms with Crippen LogP contribution in [0.25, 0.3) is 11.3 Å². The Hall–Kier alpha value is -2.60. The van der Waals surface area contributed by atoms with Crippen LogP contribution in [-0.2, 0) is 0 Å². The molecular weight excluding hydrogens is 320 g/mol. The molecule has 2 aromatic heterocycles. The molecule has 122 valence electrons. The van der Waals surface area contributed by atoms with Crippen molar-refractivity contribution in [2.45, 2.75) is 27.7 Å². The van der Waals surface area contributed by atoms with Crippen molar-refractivity contribution in [3.8, 4) is 11.3 Å². The van der Waals surface area contributed by atoms with Crippen LogP contribution in [0.2, 0.25) is 0 Å². The van der Waals surface area contributed by atoms with Gasteiger partial charge in [-0.15, -0.1) is 11.3 Å². The summed E-state index contributed by atoms with van der Waals surface area (Å²) in [7, 11) is 0. The van der Waals surface area contributed by atoms with Crippen molar-refractivity contribution in [2.24, 2.45) is 0 Å². The zero-order valence-corrected chi connectivity index (χ0v) is 14.9. The minimum atomic E-state index is -0.279. The molecule has 0 fully saturated rings. The number of benzene rings is 1. The molecule has 0 atom stereocenters. The van der Waals surface area contributed by atoms with Crippen molar-refractivity contribution in [1.82, 2.24) is 15.0 Å². The van der Waals surface area contributed by atoms with E-state index in [2.05, 4.69) is 53.2 Å². The highest BCUT2D eigenvalue weighted by molar-refractivity contribution is 7.14. The Labute approximate surface area is 144 Å². The second-order valence-corrected chi connectivity index (χ2v) is 6.59. The summed E-state index contributed by atoms with van der Waals surface area (Å²) in [6, 6.07) is 5.88. The van der Waals surface area contributed by atoms with E-state index >= 15 is 0 Å². The number of anilines is 1. The summed E-state index contributed by atoms with van der Waals surface area (Å²) in [5, 5.41) is 5.31. The minimum absolute atomic E-state index is 0.279.